The molecule has 6 nitrogen and oxygen atoms in total. The van der Waals surface area contributed by atoms with E-state index in [1.807, 2.05) is 6.92 Å². The largest absolute Gasteiger partial charge is 0.346 e. The number of aromatic nitrogens is 3. The van der Waals surface area contributed by atoms with Crippen LogP contribution in [0.1, 0.15) is 70.1 Å². The second kappa shape index (κ2) is 7.54. The summed E-state index contributed by atoms with van der Waals surface area (Å²) in [5.41, 5.74) is 5.92. The van der Waals surface area contributed by atoms with Crippen molar-refractivity contribution in [2.75, 3.05) is 0 Å². The van der Waals surface area contributed by atoms with E-state index in [9.17, 15) is 4.79 Å². The van der Waals surface area contributed by atoms with Crippen LogP contribution in [0.15, 0.2) is 0 Å². The number of rotatable bonds is 6. The fraction of sp³-hybridized carbons (Fsp3) is 0.800. The Hall–Kier alpha value is -1.43. The molecule has 1 aromatic rings. The topological polar surface area (TPSA) is 85.8 Å². The second-order valence-corrected chi connectivity index (χ2v) is 5.98. The summed E-state index contributed by atoms with van der Waals surface area (Å²) in [5.74, 6) is 1.91. The summed E-state index contributed by atoms with van der Waals surface area (Å²) in [6, 6.07) is -0.177. The molecule has 0 spiro atoms. The lowest BCUT2D eigenvalue weighted by atomic mass is 10.1. The summed E-state index contributed by atoms with van der Waals surface area (Å²) < 4.78 is 2.17. The van der Waals surface area contributed by atoms with E-state index in [1.54, 1.807) is 0 Å². The normalized spacial score (nSPS) is 17.7. The van der Waals surface area contributed by atoms with Crippen molar-refractivity contribution < 1.29 is 4.79 Å². The Labute approximate surface area is 126 Å². The minimum absolute atomic E-state index is 0.00516. The molecule has 1 aliphatic heterocycles. The molecule has 2 rings (SSSR count). The van der Waals surface area contributed by atoms with Crippen molar-refractivity contribution >= 4 is 5.91 Å². The maximum Gasteiger partial charge on any atom is 0.222 e. The van der Waals surface area contributed by atoms with Crippen molar-refractivity contribution in [3.63, 3.8) is 0 Å². The monoisotopic (exact) mass is 293 g/mol. The van der Waals surface area contributed by atoms with Crippen LogP contribution in [0.2, 0.25) is 0 Å². The van der Waals surface area contributed by atoms with Crippen LogP contribution in [-0.2, 0) is 17.8 Å². The highest BCUT2D eigenvalue weighted by molar-refractivity contribution is 5.76. The van der Waals surface area contributed by atoms with Gasteiger partial charge in [0, 0.05) is 25.4 Å². The Morgan fingerprint density at radius 1 is 1.38 bits per heavy atom. The number of hydrogen-bond donors (Lipinski definition) is 2. The summed E-state index contributed by atoms with van der Waals surface area (Å²) in [4.78, 5) is 12.0. The van der Waals surface area contributed by atoms with Crippen LogP contribution in [0.4, 0.5) is 0 Å². The molecule has 1 aromatic heterocycles. The summed E-state index contributed by atoms with van der Waals surface area (Å²) in [6.07, 6.45) is 6.79. The SMILES string of the molecule is CCCC(N)CC(=O)NC(C)c1nnc2n1CCCCC2. The smallest absolute Gasteiger partial charge is 0.222 e. The van der Waals surface area contributed by atoms with Crippen molar-refractivity contribution in [2.24, 2.45) is 5.73 Å². The number of carbonyl (C=O) groups is 1. The molecule has 0 saturated heterocycles. The molecule has 1 amide bonds. The molecule has 3 N–H and O–H groups in total. The highest BCUT2D eigenvalue weighted by Crippen LogP contribution is 2.18. The Balaban J connectivity index is 1.95. The molecule has 0 aliphatic carbocycles. The fourth-order valence-electron chi connectivity index (χ4n) is 2.90. The third-order valence-electron chi connectivity index (χ3n) is 4.01. The van der Waals surface area contributed by atoms with E-state index in [0.717, 1.165) is 43.9 Å². The molecule has 0 fully saturated rings. The van der Waals surface area contributed by atoms with Crippen LogP contribution in [0, 0.1) is 0 Å². The number of carbonyl (C=O) groups excluding carboxylic acids is 1. The van der Waals surface area contributed by atoms with Crippen LogP contribution in [0.3, 0.4) is 0 Å². The van der Waals surface area contributed by atoms with Gasteiger partial charge in [-0.2, -0.15) is 0 Å². The van der Waals surface area contributed by atoms with Crippen LogP contribution in [0.25, 0.3) is 0 Å². The van der Waals surface area contributed by atoms with Gasteiger partial charge in [-0.1, -0.05) is 19.8 Å². The molecule has 118 valence electrons. The van der Waals surface area contributed by atoms with Crippen molar-refractivity contribution in [1.29, 1.82) is 0 Å². The molecule has 6 heteroatoms. The number of hydrogen-bond acceptors (Lipinski definition) is 4. The Morgan fingerprint density at radius 2 is 2.19 bits per heavy atom. The van der Waals surface area contributed by atoms with E-state index in [1.165, 1.54) is 12.8 Å². The zero-order chi connectivity index (χ0) is 15.2. The summed E-state index contributed by atoms with van der Waals surface area (Å²) in [5, 5.41) is 11.5. The summed E-state index contributed by atoms with van der Waals surface area (Å²) >= 11 is 0. The first-order valence-corrected chi connectivity index (χ1v) is 8.08. The molecule has 0 aromatic carbocycles. The first-order chi connectivity index (χ1) is 10.1. The second-order valence-electron chi connectivity index (χ2n) is 5.98. The Morgan fingerprint density at radius 3 is 2.95 bits per heavy atom. The van der Waals surface area contributed by atoms with Gasteiger partial charge >= 0.3 is 0 Å². The first kappa shape index (κ1) is 15.9. The lowest BCUT2D eigenvalue weighted by Crippen LogP contribution is -2.34. The predicted molar refractivity (Wildman–Crippen MR) is 81.6 cm³/mol. The Bertz CT molecular complexity index is 471. The van der Waals surface area contributed by atoms with Gasteiger partial charge in [0.25, 0.3) is 0 Å². The van der Waals surface area contributed by atoms with Crippen molar-refractivity contribution in [1.82, 2.24) is 20.1 Å². The maximum atomic E-state index is 12.0. The molecule has 2 heterocycles. The van der Waals surface area contributed by atoms with Crippen molar-refractivity contribution in [2.45, 2.75) is 77.4 Å². The van der Waals surface area contributed by atoms with Crippen LogP contribution in [0.5, 0.6) is 0 Å². The van der Waals surface area contributed by atoms with Crippen molar-refractivity contribution in [3.05, 3.63) is 11.6 Å². The highest BCUT2D eigenvalue weighted by Gasteiger charge is 2.21. The average molecular weight is 293 g/mol. The number of aryl methyl sites for hydroxylation is 1. The van der Waals surface area contributed by atoms with E-state index < -0.39 is 0 Å². The van der Waals surface area contributed by atoms with Gasteiger partial charge in [-0.05, 0) is 26.2 Å². The lowest BCUT2D eigenvalue weighted by Gasteiger charge is -2.17. The number of amides is 1. The van der Waals surface area contributed by atoms with Crippen LogP contribution >= 0.6 is 0 Å². The third kappa shape index (κ3) is 4.27. The van der Waals surface area contributed by atoms with Gasteiger partial charge < -0.3 is 15.6 Å². The zero-order valence-electron chi connectivity index (χ0n) is 13.1. The molecular weight excluding hydrogens is 266 g/mol. The number of fused-ring (bicyclic) bond motifs is 1. The number of nitrogens with one attached hydrogen (secondary N) is 1. The van der Waals surface area contributed by atoms with Gasteiger partial charge in [0.2, 0.25) is 5.91 Å². The molecule has 0 saturated carbocycles. The maximum absolute atomic E-state index is 12.0. The first-order valence-electron chi connectivity index (χ1n) is 8.08. The van der Waals surface area contributed by atoms with Crippen LogP contribution in [-0.4, -0.2) is 26.7 Å². The minimum Gasteiger partial charge on any atom is -0.346 e. The molecule has 2 unspecified atom stereocenters. The summed E-state index contributed by atoms with van der Waals surface area (Å²) in [7, 11) is 0. The van der Waals surface area contributed by atoms with Crippen LogP contribution < -0.4 is 11.1 Å². The van der Waals surface area contributed by atoms with E-state index in [0.29, 0.717) is 6.42 Å². The molecule has 2 atom stereocenters. The van der Waals surface area contributed by atoms with Gasteiger partial charge in [-0.15, -0.1) is 10.2 Å². The van der Waals surface area contributed by atoms with Gasteiger partial charge in [0.05, 0.1) is 6.04 Å². The van der Waals surface area contributed by atoms with Gasteiger partial charge in [-0.3, -0.25) is 4.79 Å². The van der Waals surface area contributed by atoms with E-state index in [4.69, 9.17) is 5.73 Å². The zero-order valence-corrected chi connectivity index (χ0v) is 13.1. The van der Waals surface area contributed by atoms with Gasteiger partial charge in [0.1, 0.15) is 5.82 Å². The van der Waals surface area contributed by atoms with E-state index in [2.05, 4.69) is 27.0 Å². The van der Waals surface area contributed by atoms with E-state index in [-0.39, 0.29) is 18.0 Å². The highest BCUT2D eigenvalue weighted by atomic mass is 16.1. The minimum atomic E-state index is -0.120. The molecular formula is C15H27N5O. The fourth-order valence-corrected chi connectivity index (χ4v) is 2.90. The Kier molecular flexibility index (Phi) is 5.73. The summed E-state index contributed by atoms with van der Waals surface area (Å²) in [6.45, 7) is 4.99. The third-order valence-corrected chi connectivity index (χ3v) is 4.01. The molecule has 0 bridgehead atoms. The average Bonchev–Trinajstić information content (AvgIpc) is 2.68. The van der Waals surface area contributed by atoms with Crippen molar-refractivity contribution in [3.8, 4) is 0 Å². The standard InChI is InChI=1S/C15H27N5O/c1-3-7-12(16)10-14(21)17-11(2)15-19-18-13-8-5-4-6-9-20(13)15/h11-12H,3-10,16H2,1-2H3,(H,17,21). The molecule has 21 heavy (non-hydrogen) atoms. The van der Waals surface area contributed by atoms with Gasteiger partial charge in [-0.25, -0.2) is 0 Å². The molecule has 0 radical (unpaired) electrons. The quantitative estimate of drug-likeness (QED) is 0.836. The number of nitrogens with zero attached hydrogens (tertiary/aromatic N) is 3. The van der Waals surface area contributed by atoms with Gasteiger partial charge in [0.15, 0.2) is 5.82 Å². The molecule has 1 aliphatic rings. The predicted octanol–water partition coefficient (Wildman–Crippen LogP) is 1.70. The van der Waals surface area contributed by atoms with E-state index >= 15 is 0 Å². The lowest BCUT2D eigenvalue weighted by molar-refractivity contribution is -0.122. The number of nitrogens with two attached hydrogens (primary N) is 1.